The average molecular weight is 292 g/mol. The Hall–Kier alpha value is -1.51. The molecule has 1 rings (SSSR count). The minimum Gasteiger partial charge on any atom is -0.508 e. The Labute approximate surface area is 128 Å². The van der Waals surface area contributed by atoms with Gasteiger partial charge in [-0.25, -0.2) is 0 Å². The first kappa shape index (κ1) is 17.5. The van der Waals surface area contributed by atoms with Gasteiger partial charge in [-0.15, -0.1) is 0 Å². The molecule has 1 aromatic carbocycles. The van der Waals surface area contributed by atoms with Crippen molar-refractivity contribution < 1.29 is 15.0 Å². The third-order valence-corrected chi connectivity index (χ3v) is 3.75. The fraction of sp³-hybridized carbons (Fsp3) is 0.611. The number of rotatable bonds is 3. The van der Waals surface area contributed by atoms with Gasteiger partial charge in [0.05, 0.1) is 6.42 Å². The van der Waals surface area contributed by atoms with E-state index < -0.39 is 5.97 Å². The van der Waals surface area contributed by atoms with Gasteiger partial charge in [-0.2, -0.15) is 0 Å². The minimum atomic E-state index is -0.796. The highest BCUT2D eigenvalue weighted by Crippen LogP contribution is 2.41. The lowest BCUT2D eigenvalue weighted by Crippen LogP contribution is -2.23. The Morgan fingerprint density at radius 3 is 1.71 bits per heavy atom. The summed E-state index contributed by atoms with van der Waals surface area (Å²) in [5.74, 6) is -0.641. The molecule has 0 aliphatic heterocycles. The van der Waals surface area contributed by atoms with Crippen LogP contribution in [0.3, 0.4) is 0 Å². The van der Waals surface area contributed by atoms with Crippen molar-refractivity contribution in [1.82, 2.24) is 0 Å². The molecule has 1 unspecified atom stereocenters. The van der Waals surface area contributed by atoms with E-state index >= 15 is 0 Å². The van der Waals surface area contributed by atoms with Crippen LogP contribution in [0.1, 0.15) is 77.5 Å². The molecule has 0 spiro atoms. The number of carboxylic acids is 1. The van der Waals surface area contributed by atoms with Crippen molar-refractivity contribution in [3.8, 4) is 5.75 Å². The van der Waals surface area contributed by atoms with E-state index in [1.807, 2.05) is 6.92 Å². The zero-order valence-electron chi connectivity index (χ0n) is 14.2. The van der Waals surface area contributed by atoms with Gasteiger partial charge < -0.3 is 10.2 Å². The Balaban J connectivity index is 3.65. The summed E-state index contributed by atoms with van der Waals surface area (Å²) in [6, 6.07) is 3.56. The molecule has 0 heterocycles. The third kappa shape index (κ3) is 4.23. The van der Waals surface area contributed by atoms with Gasteiger partial charge in [0.2, 0.25) is 0 Å². The summed E-state index contributed by atoms with van der Waals surface area (Å²) in [5.41, 5.74) is 2.82. The summed E-state index contributed by atoms with van der Waals surface area (Å²) >= 11 is 0. The molecule has 0 aromatic heterocycles. The van der Waals surface area contributed by atoms with E-state index in [9.17, 15) is 9.90 Å². The molecule has 1 atom stereocenters. The Morgan fingerprint density at radius 1 is 1.05 bits per heavy atom. The molecule has 0 saturated heterocycles. The first-order valence-corrected chi connectivity index (χ1v) is 7.43. The van der Waals surface area contributed by atoms with Crippen LogP contribution >= 0.6 is 0 Å². The van der Waals surface area contributed by atoms with E-state index in [1.54, 1.807) is 12.1 Å². The summed E-state index contributed by atoms with van der Waals surface area (Å²) < 4.78 is 0. The van der Waals surface area contributed by atoms with Crippen LogP contribution in [0, 0.1) is 0 Å². The minimum absolute atomic E-state index is 0.0912. The van der Waals surface area contributed by atoms with Crippen molar-refractivity contribution >= 4 is 5.97 Å². The smallest absolute Gasteiger partial charge is 0.303 e. The summed E-state index contributed by atoms with van der Waals surface area (Å²) in [6.45, 7) is 14.5. The fourth-order valence-corrected chi connectivity index (χ4v) is 2.77. The maximum absolute atomic E-state index is 11.1. The van der Waals surface area contributed by atoms with Crippen LogP contribution in [-0.2, 0) is 15.6 Å². The van der Waals surface area contributed by atoms with E-state index in [4.69, 9.17) is 5.11 Å². The van der Waals surface area contributed by atoms with E-state index in [2.05, 4.69) is 41.5 Å². The first-order valence-electron chi connectivity index (χ1n) is 7.43. The maximum atomic E-state index is 11.1. The van der Waals surface area contributed by atoms with Gasteiger partial charge in [0.1, 0.15) is 5.75 Å². The predicted molar refractivity (Wildman–Crippen MR) is 86.2 cm³/mol. The molecule has 0 saturated carbocycles. The van der Waals surface area contributed by atoms with Crippen molar-refractivity contribution in [2.45, 2.75) is 71.6 Å². The van der Waals surface area contributed by atoms with Gasteiger partial charge in [-0.05, 0) is 45.6 Å². The van der Waals surface area contributed by atoms with Crippen LogP contribution in [0.15, 0.2) is 12.1 Å². The Morgan fingerprint density at radius 2 is 1.43 bits per heavy atom. The Kier molecular flexibility index (Phi) is 4.76. The van der Waals surface area contributed by atoms with E-state index in [0.717, 1.165) is 16.7 Å². The lowest BCUT2D eigenvalue weighted by Gasteiger charge is -2.32. The van der Waals surface area contributed by atoms with Gasteiger partial charge in [0, 0.05) is 0 Å². The molecule has 0 aliphatic rings. The largest absolute Gasteiger partial charge is 0.508 e. The number of carbonyl (C=O) groups is 1. The maximum Gasteiger partial charge on any atom is 0.303 e. The molecule has 0 radical (unpaired) electrons. The fourth-order valence-electron chi connectivity index (χ4n) is 2.77. The quantitative estimate of drug-likeness (QED) is 0.858. The van der Waals surface area contributed by atoms with Crippen molar-refractivity contribution in [3.05, 3.63) is 28.8 Å². The van der Waals surface area contributed by atoms with Gasteiger partial charge in [-0.1, -0.05) is 48.5 Å². The van der Waals surface area contributed by atoms with Gasteiger partial charge in [-0.3, -0.25) is 4.79 Å². The second kappa shape index (κ2) is 5.70. The predicted octanol–water partition coefficient (Wildman–Crippen LogP) is 4.57. The zero-order chi connectivity index (χ0) is 16.6. The molecule has 2 N–H and O–H groups in total. The van der Waals surface area contributed by atoms with Gasteiger partial charge in [0.15, 0.2) is 0 Å². The molecule has 0 aliphatic carbocycles. The van der Waals surface area contributed by atoms with Gasteiger partial charge in [0.25, 0.3) is 0 Å². The van der Waals surface area contributed by atoms with Crippen molar-refractivity contribution in [2.24, 2.45) is 0 Å². The lowest BCUT2D eigenvalue weighted by molar-refractivity contribution is -0.137. The first-order chi connectivity index (χ1) is 9.34. The molecular weight excluding hydrogens is 264 g/mol. The molecule has 0 fully saturated rings. The second-order valence-electron chi connectivity index (χ2n) is 7.95. The van der Waals surface area contributed by atoms with E-state index in [-0.39, 0.29) is 28.9 Å². The number of hydrogen-bond donors (Lipinski definition) is 2. The molecule has 3 nitrogen and oxygen atoms in total. The molecule has 1 aromatic rings. The number of benzene rings is 1. The number of phenols is 1. The van der Waals surface area contributed by atoms with Crippen LogP contribution in [0.2, 0.25) is 0 Å². The van der Waals surface area contributed by atoms with Crippen molar-refractivity contribution in [2.75, 3.05) is 0 Å². The number of aromatic hydroxyl groups is 1. The summed E-state index contributed by atoms with van der Waals surface area (Å²) in [4.78, 5) is 11.1. The van der Waals surface area contributed by atoms with Gasteiger partial charge >= 0.3 is 5.97 Å². The summed E-state index contributed by atoms with van der Waals surface area (Å²) in [5, 5.41) is 19.2. The number of phenolic OH excluding ortho intramolecular Hbond substituents is 1. The monoisotopic (exact) mass is 292 g/mol. The highest BCUT2D eigenvalue weighted by molar-refractivity contribution is 5.68. The van der Waals surface area contributed by atoms with Crippen LogP contribution in [-0.4, -0.2) is 16.2 Å². The van der Waals surface area contributed by atoms with Crippen LogP contribution < -0.4 is 0 Å². The molecule has 21 heavy (non-hydrogen) atoms. The van der Waals surface area contributed by atoms with Crippen LogP contribution in [0.4, 0.5) is 0 Å². The molecular formula is C18H28O3. The highest BCUT2D eigenvalue weighted by atomic mass is 16.4. The third-order valence-electron chi connectivity index (χ3n) is 3.75. The van der Waals surface area contributed by atoms with Crippen LogP contribution in [0.25, 0.3) is 0 Å². The summed E-state index contributed by atoms with van der Waals surface area (Å²) in [7, 11) is 0. The number of carboxylic acid groups (broad SMARTS) is 1. The normalized spacial score (nSPS) is 14.0. The molecule has 0 amide bonds. The highest BCUT2D eigenvalue weighted by Gasteiger charge is 2.29. The topological polar surface area (TPSA) is 57.5 Å². The van der Waals surface area contributed by atoms with E-state index in [1.165, 1.54) is 0 Å². The zero-order valence-corrected chi connectivity index (χ0v) is 14.2. The summed E-state index contributed by atoms with van der Waals surface area (Å²) in [6.07, 6.45) is 0.0942. The second-order valence-corrected chi connectivity index (χ2v) is 7.95. The SMILES string of the molecule is CC(CC(=O)O)c1c(C(C)(C)C)cc(O)cc1C(C)(C)C. The molecule has 3 heteroatoms. The lowest BCUT2D eigenvalue weighted by atomic mass is 9.72. The standard InChI is InChI=1S/C18H28O3/c1-11(8-15(20)21)16-13(17(2,3)4)9-12(19)10-14(16)18(5,6)7/h9-11,19H,8H2,1-7H3,(H,20,21). The van der Waals surface area contributed by atoms with E-state index in [0.29, 0.717) is 0 Å². The molecule has 118 valence electrons. The average Bonchev–Trinajstić information content (AvgIpc) is 2.24. The molecule has 0 bridgehead atoms. The number of aliphatic carboxylic acids is 1. The number of hydrogen-bond acceptors (Lipinski definition) is 2. The van der Waals surface area contributed by atoms with Crippen molar-refractivity contribution in [3.63, 3.8) is 0 Å². The van der Waals surface area contributed by atoms with Crippen molar-refractivity contribution in [1.29, 1.82) is 0 Å². The Bertz CT molecular complexity index is 495. The van der Waals surface area contributed by atoms with Crippen LogP contribution in [0.5, 0.6) is 5.75 Å².